The first-order valence-electron chi connectivity index (χ1n) is 15.3. The number of para-hydroxylation sites is 1. The first-order valence-corrected chi connectivity index (χ1v) is 15.3. The maximum atomic E-state index is 3.14. The van der Waals surface area contributed by atoms with Crippen LogP contribution in [0.2, 0.25) is 0 Å². The summed E-state index contributed by atoms with van der Waals surface area (Å²) in [6.45, 7) is 9.54. The number of benzene rings is 3. The molecular weight excluding hydrogens is 460 g/mol. The quantitative estimate of drug-likeness (QED) is 0.349. The standard InChI is InChI=1S/C36H44N2/c1-24-14-5-12-23-32(24)37-27(4)34-30-21-10-11-22-31(30)36(28-17-6-7-18-28,29-19-8-9-20-29)38(34)35(37)33-25(2)15-13-16-26(33)3/h5,10-16,21-23,27-29,34-35H,6-9,17-20H2,1-4H3/t27-,34?,35?/m0/s1. The summed E-state index contributed by atoms with van der Waals surface area (Å²) in [6, 6.07) is 26.6. The molecule has 3 atom stereocenters. The molecule has 0 spiro atoms. The van der Waals surface area contributed by atoms with Crippen LogP contribution in [0.25, 0.3) is 0 Å². The lowest BCUT2D eigenvalue weighted by atomic mass is 9.67. The molecule has 2 saturated carbocycles. The van der Waals surface area contributed by atoms with E-state index in [1.54, 1.807) is 16.7 Å². The fourth-order valence-electron chi connectivity index (χ4n) is 9.64. The van der Waals surface area contributed by atoms with Gasteiger partial charge in [0.15, 0.2) is 0 Å². The number of hydrogen-bond acceptors (Lipinski definition) is 2. The molecular formula is C36H44N2. The lowest BCUT2D eigenvalue weighted by Gasteiger charge is -2.52. The predicted molar refractivity (Wildman–Crippen MR) is 158 cm³/mol. The zero-order chi connectivity index (χ0) is 26.0. The van der Waals surface area contributed by atoms with Gasteiger partial charge in [0.05, 0.1) is 11.6 Å². The molecule has 198 valence electrons. The monoisotopic (exact) mass is 504 g/mol. The number of fused-ring (bicyclic) bond motifs is 3. The van der Waals surface area contributed by atoms with Crippen molar-refractivity contribution in [2.24, 2.45) is 11.8 Å². The van der Waals surface area contributed by atoms with E-state index in [4.69, 9.17) is 0 Å². The number of nitrogens with zero attached hydrogens (tertiary/aromatic N) is 2. The first-order chi connectivity index (χ1) is 18.5. The molecule has 2 heteroatoms. The third-order valence-electron chi connectivity index (χ3n) is 11.0. The normalized spacial score (nSPS) is 27.3. The van der Waals surface area contributed by atoms with E-state index in [1.165, 1.54) is 73.7 Å². The second-order valence-corrected chi connectivity index (χ2v) is 12.8. The van der Waals surface area contributed by atoms with Crippen molar-refractivity contribution in [1.82, 2.24) is 4.90 Å². The van der Waals surface area contributed by atoms with Gasteiger partial charge in [-0.3, -0.25) is 4.90 Å². The molecule has 3 aromatic rings. The Morgan fingerprint density at radius 2 is 1.21 bits per heavy atom. The Balaban J connectivity index is 1.55. The van der Waals surface area contributed by atoms with Crippen LogP contribution in [0.1, 0.15) is 104 Å². The SMILES string of the molecule is Cc1ccccc1N1C(c2c(C)cccc2C)N2C(c3ccccc3C2(C2CCCC2)C2CCCC2)[C@@H]1C. The highest BCUT2D eigenvalue weighted by molar-refractivity contribution is 5.61. The maximum absolute atomic E-state index is 3.14. The molecule has 3 aromatic carbocycles. The minimum Gasteiger partial charge on any atom is -0.347 e. The smallest absolute Gasteiger partial charge is 0.110 e. The zero-order valence-corrected chi connectivity index (χ0v) is 23.8. The van der Waals surface area contributed by atoms with Gasteiger partial charge in [0.2, 0.25) is 0 Å². The van der Waals surface area contributed by atoms with Gasteiger partial charge in [0, 0.05) is 11.7 Å². The average molecular weight is 505 g/mol. The Hall–Kier alpha value is -2.58. The number of rotatable bonds is 4. The van der Waals surface area contributed by atoms with Crippen LogP contribution >= 0.6 is 0 Å². The molecule has 1 saturated heterocycles. The highest BCUT2D eigenvalue weighted by Crippen LogP contribution is 2.67. The van der Waals surface area contributed by atoms with Gasteiger partial charge in [-0.2, -0.15) is 0 Å². The molecule has 2 nitrogen and oxygen atoms in total. The van der Waals surface area contributed by atoms with Gasteiger partial charge in [-0.15, -0.1) is 0 Å². The summed E-state index contributed by atoms with van der Waals surface area (Å²) in [6.07, 6.45) is 11.3. The molecule has 0 amide bonds. The van der Waals surface area contributed by atoms with Crippen molar-refractivity contribution < 1.29 is 0 Å². The number of anilines is 1. The lowest BCUT2D eigenvalue weighted by molar-refractivity contribution is -0.0405. The first kappa shape index (κ1) is 24.5. The summed E-state index contributed by atoms with van der Waals surface area (Å²) >= 11 is 0. The van der Waals surface area contributed by atoms with Gasteiger partial charge in [-0.1, -0.05) is 86.3 Å². The van der Waals surface area contributed by atoms with Gasteiger partial charge in [0.1, 0.15) is 6.17 Å². The Kier molecular flexibility index (Phi) is 5.96. The number of aryl methyl sites for hydroxylation is 3. The predicted octanol–water partition coefficient (Wildman–Crippen LogP) is 9.15. The molecule has 0 bridgehead atoms. The van der Waals surface area contributed by atoms with Crippen LogP contribution in [0.4, 0.5) is 5.69 Å². The van der Waals surface area contributed by atoms with Crippen LogP contribution in [0.5, 0.6) is 0 Å². The molecule has 3 fully saturated rings. The minimum atomic E-state index is 0.124. The van der Waals surface area contributed by atoms with Crippen molar-refractivity contribution in [2.45, 2.75) is 103 Å². The Morgan fingerprint density at radius 3 is 1.84 bits per heavy atom. The summed E-state index contributed by atoms with van der Waals surface area (Å²) < 4.78 is 0. The molecule has 0 aromatic heterocycles. The van der Waals surface area contributed by atoms with Crippen LogP contribution in [0, 0.1) is 32.6 Å². The molecule has 0 N–H and O–H groups in total. The fourth-order valence-corrected chi connectivity index (χ4v) is 9.64. The average Bonchev–Trinajstić information content (AvgIpc) is 3.71. The van der Waals surface area contributed by atoms with E-state index in [0.29, 0.717) is 12.1 Å². The van der Waals surface area contributed by atoms with Crippen LogP contribution in [0.15, 0.2) is 66.7 Å². The molecule has 2 aliphatic heterocycles. The highest BCUT2D eigenvalue weighted by atomic mass is 15.5. The third-order valence-corrected chi connectivity index (χ3v) is 11.0. The molecule has 2 aliphatic carbocycles. The van der Waals surface area contributed by atoms with Crippen LogP contribution in [0.3, 0.4) is 0 Å². The Morgan fingerprint density at radius 1 is 0.658 bits per heavy atom. The fraction of sp³-hybridized carbons (Fsp3) is 0.500. The Labute approximate surface area is 230 Å². The van der Waals surface area contributed by atoms with Crippen molar-refractivity contribution in [3.63, 3.8) is 0 Å². The van der Waals surface area contributed by atoms with E-state index >= 15 is 0 Å². The summed E-state index contributed by atoms with van der Waals surface area (Å²) in [5.74, 6) is 1.49. The second kappa shape index (κ2) is 9.26. The topological polar surface area (TPSA) is 6.48 Å². The van der Waals surface area contributed by atoms with Gasteiger partial charge >= 0.3 is 0 Å². The summed E-state index contributed by atoms with van der Waals surface area (Å²) in [5.41, 5.74) is 10.6. The molecule has 2 unspecified atom stereocenters. The summed E-state index contributed by atoms with van der Waals surface area (Å²) in [4.78, 5) is 5.97. The summed E-state index contributed by atoms with van der Waals surface area (Å²) in [5, 5.41) is 0. The highest BCUT2D eigenvalue weighted by Gasteiger charge is 2.66. The van der Waals surface area contributed by atoms with Crippen molar-refractivity contribution in [3.05, 3.63) is 100 Å². The minimum absolute atomic E-state index is 0.124. The maximum Gasteiger partial charge on any atom is 0.110 e. The molecule has 7 rings (SSSR count). The van der Waals surface area contributed by atoms with Crippen molar-refractivity contribution in [2.75, 3.05) is 4.90 Å². The van der Waals surface area contributed by atoms with E-state index in [1.807, 2.05) is 0 Å². The largest absolute Gasteiger partial charge is 0.347 e. The van der Waals surface area contributed by atoms with Crippen molar-refractivity contribution in [1.29, 1.82) is 0 Å². The van der Waals surface area contributed by atoms with Gasteiger partial charge in [0.25, 0.3) is 0 Å². The second-order valence-electron chi connectivity index (χ2n) is 12.8. The van der Waals surface area contributed by atoms with E-state index in [0.717, 1.165) is 11.8 Å². The Bertz CT molecular complexity index is 1290. The van der Waals surface area contributed by atoms with Gasteiger partial charge in [-0.25, -0.2) is 0 Å². The van der Waals surface area contributed by atoms with Gasteiger partial charge in [-0.05, 0) is 105 Å². The zero-order valence-electron chi connectivity index (χ0n) is 23.8. The molecule has 2 heterocycles. The van der Waals surface area contributed by atoms with Crippen molar-refractivity contribution in [3.8, 4) is 0 Å². The van der Waals surface area contributed by atoms with Gasteiger partial charge < -0.3 is 4.90 Å². The van der Waals surface area contributed by atoms with E-state index < -0.39 is 0 Å². The summed E-state index contributed by atoms with van der Waals surface area (Å²) in [7, 11) is 0. The third kappa shape index (κ3) is 3.28. The van der Waals surface area contributed by atoms with E-state index in [2.05, 4.69) is 104 Å². The van der Waals surface area contributed by atoms with Crippen LogP contribution in [-0.2, 0) is 5.54 Å². The van der Waals surface area contributed by atoms with Crippen LogP contribution in [-0.4, -0.2) is 10.9 Å². The van der Waals surface area contributed by atoms with E-state index in [9.17, 15) is 0 Å². The van der Waals surface area contributed by atoms with Crippen LogP contribution < -0.4 is 4.90 Å². The number of hydrogen-bond donors (Lipinski definition) is 0. The van der Waals surface area contributed by atoms with E-state index in [-0.39, 0.29) is 11.7 Å². The molecule has 0 radical (unpaired) electrons. The molecule has 38 heavy (non-hydrogen) atoms. The molecule has 4 aliphatic rings. The van der Waals surface area contributed by atoms with Crippen molar-refractivity contribution >= 4 is 5.69 Å². The lowest BCUT2D eigenvalue weighted by Crippen LogP contribution is -2.53.